The quantitative estimate of drug-likeness (QED) is 0.469. The maximum Gasteiger partial charge on any atom is 0.269 e. The van der Waals surface area contributed by atoms with E-state index in [9.17, 15) is 19.3 Å². The number of rotatable bonds is 5. The Morgan fingerprint density at radius 1 is 1.03 bits per heavy atom. The van der Waals surface area contributed by atoms with Crippen LogP contribution in [0.25, 0.3) is 11.5 Å². The highest BCUT2D eigenvalue weighted by Crippen LogP contribution is 2.22. The van der Waals surface area contributed by atoms with E-state index in [4.69, 9.17) is 4.42 Å². The number of piperazine rings is 1. The molecule has 4 rings (SSSR count). The molecule has 0 saturated carbocycles. The van der Waals surface area contributed by atoms with Gasteiger partial charge in [0.2, 0.25) is 11.8 Å². The number of non-ortho nitro benzene ring substituents is 1. The first kappa shape index (κ1) is 19.6. The number of benzene rings is 2. The van der Waals surface area contributed by atoms with Gasteiger partial charge in [-0.1, -0.05) is 0 Å². The minimum atomic E-state index is -0.469. The van der Waals surface area contributed by atoms with E-state index < -0.39 is 4.92 Å². The Bertz CT molecular complexity index is 1040. The van der Waals surface area contributed by atoms with E-state index >= 15 is 0 Å². The van der Waals surface area contributed by atoms with Crippen molar-refractivity contribution in [2.24, 2.45) is 0 Å². The van der Waals surface area contributed by atoms with E-state index in [1.807, 2.05) is 0 Å². The van der Waals surface area contributed by atoms with Crippen LogP contribution in [0.2, 0.25) is 0 Å². The molecule has 1 fully saturated rings. The molecule has 0 spiro atoms. The molecule has 1 saturated heterocycles. The summed E-state index contributed by atoms with van der Waals surface area (Å²) in [6.07, 6.45) is 0. The smallest absolute Gasteiger partial charge is 0.269 e. The average Bonchev–Trinajstić information content (AvgIpc) is 3.23. The fourth-order valence-electron chi connectivity index (χ4n) is 3.24. The van der Waals surface area contributed by atoms with Crippen molar-refractivity contribution in [3.8, 4) is 11.5 Å². The van der Waals surface area contributed by atoms with Crippen molar-refractivity contribution < 1.29 is 18.5 Å². The van der Waals surface area contributed by atoms with Gasteiger partial charge in [0, 0.05) is 49.4 Å². The third-order valence-electron chi connectivity index (χ3n) is 4.90. The monoisotopic (exact) mass is 411 g/mol. The van der Waals surface area contributed by atoms with Crippen molar-refractivity contribution in [2.45, 2.75) is 6.54 Å². The molecular formula is C20H18FN5O4. The summed E-state index contributed by atoms with van der Waals surface area (Å²) in [6, 6.07) is 11.4. The van der Waals surface area contributed by atoms with Crippen LogP contribution in [0.1, 0.15) is 16.2 Å². The van der Waals surface area contributed by atoms with Gasteiger partial charge < -0.3 is 9.32 Å². The fraction of sp³-hybridized carbons (Fsp3) is 0.250. The van der Waals surface area contributed by atoms with Crippen molar-refractivity contribution in [3.63, 3.8) is 0 Å². The molecule has 9 nitrogen and oxygen atoms in total. The molecule has 0 radical (unpaired) electrons. The topological polar surface area (TPSA) is 106 Å². The maximum absolute atomic E-state index is 13.0. The standard InChI is InChI=1S/C20H18FN5O4/c21-16-5-1-15(2-6-16)20(27)25-11-9-24(10-12-25)13-18-22-23-19(30-18)14-3-7-17(8-4-14)26(28)29/h1-8H,9-13H2. The van der Waals surface area contributed by atoms with E-state index in [2.05, 4.69) is 15.1 Å². The minimum absolute atomic E-state index is 0.00783. The molecule has 0 bridgehead atoms. The molecule has 0 unspecified atom stereocenters. The summed E-state index contributed by atoms with van der Waals surface area (Å²) in [5.74, 6) is 0.239. The van der Waals surface area contributed by atoms with Gasteiger partial charge in [0.05, 0.1) is 11.5 Å². The van der Waals surface area contributed by atoms with Crippen molar-refractivity contribution in [1.82, 2.24) is 20.0 Å². The Morgan fingerprint density at radius 2 is 1.70 bits per heavy atom. The normalized spacial score (nSPS) is 14.6. The number of nitro benzene ring substituents is 1. The molecule has 0 atom stereocenters. The number of amides is 1. The number of carbonyl (C=O) groups excluding carboxylic acids is 1. The van der Waals surface area contributed by atoms with Gasteiger partial charge in [0.1, 0.15) is 5.82 Å². The van der Waals surface area contributed by atoms with Crippen LogP contribution in [-0.2, 0) is 6.54 Å². The molecule has 2 heterocycles. The maximum atomic E-state index is 13.0. The number of hydrogen-bond donors (Lipinski definition) is 0. The lowest BCUT2D eigenvalue weighted by atomic mass is 10.2. The lowest BCUT2D eigenvalue weighted by molar-refractivity contribution is -0.384. The molecule has 0 aliphatic carbocycles. The first-order chi connectivity index (χ1) is 14.5. The molecule has 1 aromatic heterocycles. The van der Waals surface area contributed by atoms with Gasteiger partial charge in [-0.15, -0.1) is 10.2 Å². The van der Waals surface area contributed by atoms with Crippen LogP contribution in [0, 0.1) is 15.9 Å². The van der Waals surface area contributed by atoms with E-state index in [1.54, 1.807) is 17.0 Å². The van der Waals surface area contributed by atoms with Crippen LogP contribution >= 0.6 is 0 Å². The summed E-state index contributed by atoms with van der Waals surface area (Å²) < 4.78 is 18.7. The molecule has 1 aliphatic heterocycles. The van der Waals surface area contributed by atoms with E-state index in [0.717, 1.165) is 0 Å². The first-order valence-electron chi connectivity index (χ1n) is 9.34. The summed E-state index contributed by atoms with van der Waals surface area (Å²) >= 11 is 0. The highest BCUT2D eigenvalue weighted by atomic mass is 19.1. The largest absolute Gasteiger partial charge is 0.419 e. The van der Waals surface area contributed by atoms with Crippen LogP contribution in [0.4, 0.5) is 10.1 Å². The molecule has 1 amide bonds. The van der Waals surface area contributed by atoms with Gasteiger partial charge >= 0.3 is 0 Å². The summed E-state index contributed by atoms with van der Waals surface area (Å²) in [4.78, 5) is 26.6. The zero-order valence-corrected chi connectivity index (χ0v) is 15.9. The Morgan fingerprint density at radius 3 is 2.33 bits per heavy atom. The number of aromatic nitrogens is 2. The molecule has 1 aliphatic rings. The van der Waals surface area contributed by atoms with Crippen molar-refractivity contribution in [1.29, 1.82) is 0 Å². The predicted octanol–water partition coefficient (Wildman–Crippen LogP) is 2.74. The summed E-state index contributed by atoms with van der Waals surface area (Å²) in [5, 5.41) is 18.8. The van der Waals surface area contributed by atoms with Gasteiger partial charge in [-0.25, -0.2) is 4.39 Å². The summed E-state index contributed by atoms with van der Waals surface area (Å²) in [5.41, 5.74) is 1.06. The van der Waals surface area contributed by atoms with Crippen LogP contribution in [0.3, 0.4) is 0 Å². The van der Waals surface area contributed by atoms with Gasteiger partial charge in [0.15, 0.2) is 0 Å². The summed E-state index contributed by atoms with van der Waals surface area (Å²) in [6.45, 7) is 2.81. The molecule has 30 heavy (non-hydrogen) atoms. The molecule has 10 heteroatoms. The van der Waals surface area contributed by atoms with Crippen LogP contribution in [0.15, 0.2) is 52.9 Å². The van der Waals surface area contributed by atoms with Crippen LogP contribution < -0.4 is 0 Å². The van der Waals surface area contributed by atoms with Crippen molar-refractivity contribution >= 4 is 11.6 Å². The molecule has 3 aromatic rings. The Hall–Kier alpha value is -3.66. The van der Waals surface area contributed by atoms with Crippen LogP contribution in [-0.4, -0.2) is 57.0 Å². The first-order valence-corrected chi connectivity index (χ1v) is 9.34. The highest BCUT2D eigenvalue weighted by molar-refractivity contribution is 5.94. The zero-order chi connectivity index (χ0) is 21.1. The second-order valence-corrected chi connectivity index (χ2v) is 6.88. The SMILES string of the molecule is O=C(c1ccc(F)cc1)N1CCN(Cc2nnc(-c3ccc([N+](=O)[O-])cc3)o2)CC1. The van der Waals surface area contributed by atoms with Gasteiger partial charge in [-0.2, -0.15) is 0 Å². The number of nitro groups is 1. The number of carbonyl (C=O) groups is 1. The van der Waals surface area contributed by atoms with Crippen molar-refractivity contribution in [3.05, 3.63) is 75.9 Å². The highest BCUT2D eigenvalue weighted by Gasteiger charge is 2.23. The second kappa shape index (κ2) is 8.37. The minimum Gasteiger partial charge on any atom is -0.419 e. The van der Waals surface area contributed by atoms with Gasteiger partial charge in [-0.3, -0.25) is 19.8 Å². The average molecular weight is 411 g/mol. The zero-order valence-electron chi connectivity index (χ0n) is 15.9. The number of halogens is 1. The van der Waals surface area contributed by atoms with Gasteiger partial charge in [-0.05, 0) is 36.4 Å². The lowest BCUT2D eigenvalue weighted by Crippen LogP contribution is -2.48. The number of hydrogen-bond acceptors (Lipinski definition) is 7. The van der Waals surface area contributed by atoms with E-state index in [1.165, 1.54) is 36.4 Å². The predicted molar refractivity (Wildman–Crippen MR) is 104 cm³/mol. The van der Waals surface area contributed by atoms with E-state index in [-0.39, 0.29) is 17.4 Å². The van der Waals surface area contributed by atoms with Gasteiger partial charge in [0.25, 0.3) is 11.6 Å². The second-order valence-electron chi connectivity index (χ2n) is 6.88. The third-order valence-corrected chi connectivity index (χ3v) is 4.90. The molecule has 154 valence electrons. The summed E-state index contributed by atoms with van der Waals surface area (Å²) in [7, 11) is 0. The molecular weight excluding hydrogens is 393 g/mol. The molecule has 2 aromatic carbocycles. The Labute approximate surface area is 170 Å². The van der Waals surface area contributed by atoms with Crippen LogP contribution in [0.5, 0.6) is 0 Å². The fourth-order valence-corrected chi connectivity index (χ4v) is 3.24. The van der Waals surface area contributed by atoms with E-state index in [0.29, 0.717) is 55.6 Å². The Balaban J connectivity index is 1.33. The molecule has 0 N–H and O–H groups in total. The number of nitrogens with zero attached hydrogens (tertiary/aromatic N) is 5. The Kier molecular flexibility index (Phi) is 5.48. The van der Waals surface area contributed by atoms with Crippen molar-refractivity contribution in [2.75, 3.05) is 26.2 Å². The third kappa shape index (κ3) is 4.33. The lowest BCUT2D eigenvalue weighted by Gasteiger charge is -2.34.